The largest absolute Gasteiger partial charge is 0.342 e. The standard InChI is InChI=1S/C25H29FN4O/c1-18(2)25-27-14-16-30(25)23-7-3-6-22(28-23)20-5-4-15-29(17-20)24(31)13-10-19-8-11-21(26)12-9-19/h3,6-9,11-12,14,16,18,20H,4-5,10,13,15,17H2,1-2H3/t20-/m0/s1. The van der Waals surface area contributed by atoms with Gasteiger partial charge in [0.25, 0.3) is 0 Å². The Morgan fingerprint density at radius 1 is 1.19 bits per heavy atom. The molecule has 0 N–H and O–H groups in total. The molecule has 0 saturated carbocycles. The molecule has 0 spiro atoms. The van der Waals surface area contributed by atoms with Crippen molar-refractivity contribution in [2.45, 2.75) is 51.4 Å². The van der Waals surface area contributed by atoms with Gasteiger partial charge in [0.05, 0.1) is 0 Å². The highest BCUT2D eigenvalue weighted by molar-refractivity contribution is 5.76. The van der Waals surface area contributed by atoms with Crippen LogP contribution < -0.4 is 0 Å². The van der Waals surface area contributed by atoms with Gasteiger partial charge >= 0.3 is 0 Å². The van der Waals surface area contributed by atoms with Crippen LogP contribution in [0.3, 0.4) is 0 Å². The van der Waals surface area contributed by atoms with Crippen LogP contribution in [0, 0.1) is 5.82 Å². The zero-order valence-electron chi connectivity index (χ0n) is 18.2. The van der Waals surface area contributed by atoms with E-state index in [4.69, 9.17) is 4.98 Å². The molecule has 3 heterocycles. The highest BCUT2D eigenvalue weighted by Gasteiger charge is 2.25. The Labute approximate surface area is 182 Å². The Morgan fingerprint density at radius 2 is 2.00 bits per heavy atom. The summed E-state index contributed by atoms with van der Waals surface area (Å²) in [5.74, 6) is 2.31. The molecular formula is C25H29FN4O. The summed E-state index contributed by atoms with van der Waals surface area (Å²) in [6, 6.07) is 12.5. The highest BCUT2D eigenvalue weighted by Crippen LogP contribution is 2.27. The number of carbonyl (C=O) groups excluding carboxylic acids is 1. The van der Waals surface area contributed by atoms with Crippen LogP contribution in [0.25, 0.3) is 5.82 Å². The lowest BCUT2D eigenvalue weighted by Crippen LogP contribution is -2.39. The molecule has 1 saturated heterocycles. The zero-order chi connectivity index (χ0) is 21.8. The number of hydrogen-bond donors (Lipinski definition) is 0. The van der Waals surface area contributed by atoms with E-state index >= 15 is 0 Å². The molecule has 0 radical (unpaired) electrons. The van der Waals surface area contributed by atoms with Crippen molar-refractivity contribution in [1.29, 1.82) is 0 Å². The number of halogens is 1. The molecule has 1 aromatic carbocycles. The van der Waals surface area contributed by atoms with E-state index < -0.39 is 0 Å². The number of likely N-dealkylation sites (tertiary alicyclic amines) is 1. The van der Waals surface area contributed by atoms with Gasteiger partial charge in [0.15, 0.2) is 0 Å². The molecule has 31 heavy (non-hydrogen) atoms. The number of hydrogen-bond acceptors (Lipinski definition) is 3. The highest BCUT2D eigenvalue weighted by atomic mass is 19.1. The summed E-state index contributed by atoms with van der Waals surface area (Å²) >= 11 is 0. The van der Waals surface area contributed by atoms with E-state index in [0.717, 1.165) is 42.3 Å². The first-order valence-corrected chi connectivity index (χ1v) is 11.0. The summed E-state index contributed by atoms with van der Waals surface area (Å²) < 4.78 is 15.1. The number of aryl methyl sites for hydroxylation is 1. The fourth-order valence-electron chi connectivity index (χ4n) is 4.24. The lowest BCUT2D eigenvalue weighted by molar-refractivity contribution is -0.132. The maximum Gasteiger partial charge on any atom is 0.222 e. The Bertz CT molecular complexity index is 1030. The molecule has 1 amide bonds. The monoisotopic (exact) mass is 420 g/mol. The quantitative estimate of drug-likeness (QED) is 0.572. The third-order valence-corrected chi connectivity index (χ3v) is 5.92. The molecule has 3 aromatic rings. The first-order valence-electron chi connectivity index (χ1n) is 11.0. The van der Waals surface area contributed by atoms with Gasteiger partial charge in [0.2, 0.25) is 5.91 Å². The maximum atomic E-state index is 13.1. The molecule has 4 rings (SSSR count). The summed E-state index contributed by atoms with van der Waals surface area (Å²) in [6.45, 7) is 5.73. The molecule has 0 aliphatic carbocycles. The van der Waals surface area contributed by atoms with Crippen LogP contribution in [-0.2, 0) is 11.2 Å². The van der Waals surface area contributed by atoms with Crippen molar-refractivity contribution in [2.24, 2.45) is 0 Å². The average molecular weight is 421 g/mol. The van der Waals surface area contributed by atoms with E-state index in [-0.39, 0.29) is 17.6 Å². The number of imidazole rings is 1. The van der Waals surface area contributed by atoms with E-state index in [2.05, 4.69) is 24.9 Å². The van der Waals surface area contributed by atoms with Crippen LogP contribution in [-0.4, -0.2) is 38.4 Å². The number of carbonyl (C=O) groups is 1. The van der Waals surface area contributed by atoms with Gasteiger partial charge in [-0.05, 0) is 49.1 Å². The van der Waals surface area contributed by atoms with Gasteiger partial charge in [-0.25, -0.2) is 14.4 Å². The van der Waals surface area contributed by atoms with Gasteiger partial charge in [-0.3, -0.25) is 9.36 Å². The topological polar surface area (TPSA) is 51.0 Å². The number of rotatable bonds is 6. The third-order valence-electron chi connectivity index (χ3n) is 5.92. The zero-order valence-corrected chi connectivity index (χ0v) is 18.2. The van der Waals surface area contributed by atoms with E-state index in [1.165, 1.54) is 12.1 Å². The van der Waals surface area contributed by atoms with Crippen LogP contribution in [0.2, 0.25) is 0 Å². The predicted molar refractivity (Wildman–Crippen MR) is 119 cm³/mol. The molecule has 6 heteroatoms. The van der Waals surface area contributed by atoms with Crippen LogP contribution in [0.5, 0.6) is 0 Å². The average Bonchev–Trinajstić information content (AvgIpc) is 3.29. The van der Waals surface area contributed by atoms with Crippen molar-refractivity contribution >= 4 is 5.91 Å². The normalized spacial score (nSPS) is 16.6. The molecule has 162 valence electrons. The molecule has 5 nitrogen and oxygen atoms in total. The van der Waals surface area contributed by atoms with E-state index in [0.29, 0.717) is 25.3 Å². The SMILES string of the molecule is CC(C)c1nccn1-c1cccc([C@H]2CCCN(C(=O)CCc3ccc(F)cc3)C2)n1. The minimum Gasteiger partial charge on any atom is -0.342 e. The summed E-state index contributed by atoms with van der Waals surface area (Å²) in [7, 11) is 0. The number of nitrogens with zero attached hydrogens (tertiary/aromatic N) is 4. The van der Waals surface area contributed by atoms with Gasteiger partial charge in [-0.1, -0.05) is 32.0 Å². The van der Waals surface area contributed by atoms with E-state index in [1.807, 2.05) is 34.0 Å². The Hall–Kier alpha value is -3.02. The molecule has 1 aliphatic rings. The summed E-state index contributed by atoms with van der Waals surface area (Å²) in [5, 5.41) is 0. The summed E-state index contributed by atoms with van der Waals surface area (Å²) in [5.41, 5.74) is 2.01. The summed E-state index contributed by atoms with van der Waals surface area (Å²) in [6.07, 6.45) is 6.84. The van der Waals surface area contributed by atoms with E-state index in [9.17, 15) is 9.18 Å². The number of amides is 1. The molecule has 0 unspecified atom stereocenters. The summed E-state index contributed by atoms with van der Waals surface area (Å²) in [4.78, 5) is 24.2. The van der Waals surface area contributed by atoms with Crippen molar-refractivity contribution in [2.75, 3.05) is 13.1 Å². The van der Waals surface area contributed by atoms with Gasteiger partial charge < -0.3 is 4.90 Å². The van der Waals surface area contributed by atoms with Gasteiger partial charge in [0, 0.05) is 49.4 Å². The minimum atomic E-state index is -0.250. The number of piperidine rings is 1. The first-order chi connectivity index (χ1) is 15.0. The van der Waals surface area contributed by atoms with Crippen molar-refractivity contribution in [3.63, 3.8) is 0 Å². The lowest BCUT2D eigenvalue weighted by atomic mass is 9.94. The number of pyridine rings is 1. The second kappa shape index (κ2) is 9.41. The van der Waals surface area contributed by atoms with Crippen LogP contribution >= 0.6 is 0 Å². The minimum absolute atomic E-state index is 0.155. The van der Waals surface area contributed by atoms with Gasteiger partial charge in [-0.15, -0.1) is 0 Å². The number of benzene rings is 1. The predicted octanol–water partition coefficient (Wildman–Crippen LogP) is 4.87. The van der Waals surface area contributed by atoms with Crippen molar-refractivity contribution < 1.29 is 9.18 Å². The van der Waals surface area contributed by atoms with Gasteiger partial charge in [-0.2, -0.15) is 0 Å². The van der Waals surface area contributed by atoms with Crippen molar-refractivity contribution in [3.05, 3.63) is 77.8 Å². The lowest BCUT2D eigenvalue weighted by Gasteiger charge is -2.32. The maximum absolute atomic E-state index is 13.1. The molecule has 1 aliphatic heterocycles. The number of aromatic nitrogens is 3. The van der Waals surface area contributed by atoms with Crippen LogP contribution in [0.4, 0.5) is 4.39 Å². The fraction of sp³-hybridized carbons (Fsp3) is 0.400. The Kier molecular flexibility index (Phi) is 6.44. The molecular weight excluding hydrogens is 391 g/mol. The Balaban J connectivity index is 1.43. The second-order valence-corrected chi connectivity index (χ2v) is 8.54. The molecule has 1 fully saturated rings. The molecule has 0 bridgehead atoms. The molecule has 2 aromatic heterocycles. The second-order valence-electron chi connectivity index (χ2n) is 8.54. The smallest absolute Gasteiger partial charge is 0.222 e. The van der Waals surface area contributed by atoms with Crippen molar-refractivity contribution in [3.8, 4) is 5.82 Å². The molecule has 1 atom stereocenters. The Morgan fingerprint density at radius 3 is 2.77 bits per heavy atom. The van der Waals surface area contributed by atoms with Crippen LogP contribution in [0.1, 0.15) is 62.0 Å². The third kappa shape index (κ3) is 5.01. The van der Waals surface area contributed by atoms with E-state index in [1.54, 1.807) is 12.1 Å². The van der Waals surface area contributed by atoms with Gasteiger partial charge in [0.1, 0.15) is 17.5 Å². The fourth-order valence-corrected chi connectivity index (χ4v) is 4.24. The van der Waals surface area contributed by atoms with Crippen molar-refractivity contribution in [1.82, 2.24) is 19.4 Å². The van der Waals surface area contributed by atoms with Crippen LogP contribution in [0.15, 0.2) is 54.9 Å². The first kappa shape index (κ1) is 21.2.